The van der Waals surface area contributed by atoms with E-state index < -0.39 is 0 Å². The normalized spacial score (nSPS) is 14.4. The van der Waals surface area contributed by atoms with Crippen molar-refractivity contribution in [2.45, 2.75) is 6.42 Å². The van der Waals surface area contributed by atoms with Crippen LogP contribution in [0, 0.1) is 0 Å². The summed E-state index contributed by atoms with van der Waals surface area (Å²) in [6.45, 7) is 2.13. The largest absolute Gasteiger partial charge is 0.339 e. The molecule has 0 radical (unpaired) electrons. The molecular weight excluding hydrogens is 483 g/mol. The van der Waals surface area contributed by atoms with Crippen molar-refractivity contribution in [1.29, 1.82) is 0 Å². The standard InChI is InChI=1S/C19H17Br2ClN2O2/c20-14-6-4-13(5-7-14)19(26)24-10-8-23(9-11-24)18(25)12-15-16(21)2-1-3-17(15)22/h1-7H,8-12H2. The molecule has 0 bridgehead atoms. The lowest BCUT2D eigenvalue weighted by Gasteiger charge is -2.35. The number of piperazine rings is 1. The van der Waals surface area contributed by atoms with Crippen LogP contribution in [0.3, 0.4) is 0 Å². The van der Waals surface area contributed by atoms with Crippen molar-refractivity contribution in [3.8, 4) is 0 Å². The average Bonchev–Trinajstić information content (AvgIpc) is 2.65. The highest BCUT2D eigenvalue weighted by molar-refractivity contribution is 9.10. The fraction of sp³-hybridized carbons (Fsp3) is 0.263. The molecule has 7 heteroatoms. The van der Waals surface area contributed by atoms with Crippen molar-refractivity contribution in [3.63, 3.8) is 0 Å². The van der Waals surface area contributed by atoms with Crippen molar-refractivity contribution < 1.29 is 9.59 Å². The van der Waals surface area contributed by atoms with Gasteiger partial charge in [-0.1, -0.05) is 49.5 Å². The van der Waals surface area contributed by atoms with E-state index in [0.717, 1.165) is 14.5 Å². The molecule has 0 spiro atoms. The molecule has 2 aromatic carbocycles. The second-order valence-corrected chi connectivity index (χ2v) is 8.23. The third-order valence-corrected chi connectivity index (χ3v) is 6.03. The van der Waals surface area contributed by atoms with E-state index in [9.17, 15) is 9.59 Å². The van der Waals surface area contributed by atoms with Crippen molar-refractivity contribution in [2.75, 3.05) is 26.2 Å². The molecule has 0 saturated carbocycles. The Morgan fingerprint density at radius 3 is 2.15 bits per heavy atom. The maximum absolute atomic E-state index is 12.6. The van der Waals surface area contributed by atoms with Gasteiger partial charge in [0.05, 0.1) is 6.42 Å². The molecule has 4 nitrogen and oxygen atoms in total. The van der Waals surface area contributed by atoms with Gasteiger partial charge in [-0.2, -0.15) is 0 Å². The number of hydrogen-bond acceptors (Lipinski definition) is 2. The van der Waals surface area contributed by atoms with Gasteiger partial charge in [0.1, 0.15) is 0 Å². The maximum Gasteiger partial charge on any atom is 0.253 e. The molecular formula is C19H17Br2ClN2O2. The summed E-state index contributed by atoms with van der Waals surface area (Å²) in [6, 6.07) is 12.8. The molecule has 1 heterocycles. The summed E-state index contributed by atoms with van der Waals surface area (Å²) >= 11 is 13.0. The summed E-state index contributed by atoms with van der Waals surface area (Å²) in [5.41, 5.74) is 1.46. The van der Waals surface area contributed by atoms with Crippen LogP contribution in [-0.4, -0.2) is 47.8 Å². The maximum atomic E-state index is 12.6. The first-order valence-corrected chi connectivity index (χ1v) is 10.2. The molecule has 1 aliphatic heterocycles. The molecule has 0 atom stereocenters. The Kier molecular flexibility index (Phi) is 6.37. The summed E-state index contributed by atoms with van der Waals surface area (Å²) in [7, 11) is 0. The summed E-state index contributed by atoms with van der Waals surface area (Å²) < 4.78 is 1.78. The molecule has 1 saturated heterocycles. The number of carbonyl (C=O) groups excluding carboxylic acids is 2. The fourth-order valence-corrected chi connectivity index (χ4v) is 4.02. The van der Waals surface area contributed by atoms with Gasteiger partial charge in [0, 0.05) is 45.7 Å². The summed E-state index contributed by atoms with van der Waals surface area (Å²) in [5.74, 6) is 0.0213. The van der Waals surface area contributed by atoms with Gasteiger partial charge in [-0.05, 0) is 42.0 Å². The molecule has 136 valence electrons. The minimum atomic E-state index is -0.00144. The summed E-state index contributed by atoms with van der Waals surface area (Å²) in [4.78, 5) is 28.7. The first kappa shape index (κ1) is 19.4. The highest BCUT2D eigenvalue weighted by Gasteiger charge is 2.25. The number of amides is 2. The summed E-state index contributed by atoms with van der Waals surface area (Å²) in [6.07, 6.45) is 0.251. The van der Waals surface area contributed by atoms with E-state index in [1.807, 2.05) is 24.3 Å². The molecule has 1 fully saturated rings. The SMILES string of the molecule is O=C(Cc1c(Cl)cccc1Br)N1CCN(C(=O)c2ccc(Br)cc2)CC1. The first-order valence-electron chi connectivity index (χ1n) is 8.21. The number of hydrogen-bond donors (Lipinski definition) is 0. The molecule has 2 amide bonds. The molecule has 0 aliphatic carbocycles. The second kappa shape index (κ2) is 8.55. The van der Waals surface area contributed by atoms with Crippen LogP contribution in [0.15, 0.2) is 51.4 Å². The Morgan fingerprint density at radius 1 is 0.923 bits per heavy atom. The van der Waals surface area contributed by atoms with E-state index in [2.05, 4.69) is 31.9 Å². The minimum Gasteiger partial charge on any atom is -0.339 e. The Morgan fingerprint density at radius 2 is 1.54 bits per heavy atom. The van der Waals surface area contributed by atoms with Crippen molar-refractivity contribution in [1.82, 2.24) is 9.80 Å². The van der Waals surface area contributed by atoms with Crippen LogP contribution in [-0.2, 0) is 11.2 Å². The van der Waals surface area contributed by atoms with Gasteiger partial charge in [-0.3, -0.25) is 9.59 Å². The fourth-order valence-electron chi connectivity index (χ4n) is 2.90. The van der Waals surface area contributed by atoms with Gasteiger partial charge in [0.2, 0.25) is 5.91 Å². The molecule has 0 aromatic heterocycles. The van der Waals surface area contributed by atoms with E-state index in [1.54, 1.807) is 28.0 Å². The van der Waals surface area contributed by atoms with E-state index in [4.69, 9.17) is 11.6 Å². The predicted octanol–water partition coefficient (Wildman–Crippen LogP) is 4.39. The quantitative estimate of drug-likeness (QED) is 0.627. The molecule has 1 aliphatic rings. The van der Waals surface area contributed by atoms with Gasteiger partial charge >= 0.3 is 0 Å². The van der Waals surface area contributed by atoms with E-state index in [1.165, 1.54) is 0 Å². The lowest BCUT2D eigenvalue weighted by molar-refractivity contribution is -0.131. The Labute approximate surface area is 174 Å². The van der Waals surface area contributed by atoms with Crippen LogP contribution in [0.2, 0.25) is 5.02 Å². The zero-order chi connectivity index (χ0) is 18.7. The molecule has 0 unspecified atom stereocenters. The smallest absolute Gasteiger partial charge is 0.253 e. The molecule has 0 N–H and O–H groups in total. The number of halogens is 3. The zero-order valence-corrected chi connectivity index (χ0v) is 17.8. The van der Waals surface area contributed by atoms with Gasteiger partial charge in [0.15, 0.2) is 0 Å². The van der Waals surface area contributed by atoms with Crippen LogP contribution in [0.1, 0.15) is 15.9 Å². The Balaban J connectivity index is 1.58. The molecule has 3 rings (SSSR count). The molecule has 26 heavy (non-hydrogen) atoms. The van der Waals surface area contributed by atoms with E-state index in [0.29, 0.717) is 36.8 Å². The van der Waals surface area contributed by atoms with Crippen LogP contribution in [0.5, 0.6) is 0 Å². The van der Waals surface area contributed by atoms with E-state index >= 15 is 0 Å². The number of benzene rings is 2. The monoisotopic (exact) mass is 498 g/mol. The Bertz CT molecular complexity index is 799. The van der Waals surface area contributed by atoms with E-state index in [-0.39, 0.29) is 18.2 Å². The van der Waals surface area contributed by atoms with Gasteiger partial charge in [0.25, 0.3) is 5.91 Å². The lowest BCUT2D eigenvalue weighted by Crippen LogP contribution is -2.51. The van der Waals surface area contributed by atoms with Crippen LogP contribution in [0.25, 0.3) is 0 Å². The van der Waals surface area contributed by atoms with Crippen molar-refractivity contribution in [3.05, 3.63) is 67.6 Å². The van der Waals surface area contributed by atoms with Gasteiger partial charge in [-0.25, -0.2) is 0 Å². The molecule has 2 aromatic rings. The van der Waals surface area contributed by atoms with Crippen molar-refractivity contribution in [2.24, 2.45) is 0 Å². The zero-order valence-electron chi connectivity index (χ0n) is 13.9. The lowest BCUT2D eigenvalue weighted by atomic mass is 10.1. The van der Waals surface area contributed by atoms with Crippen LogP contribution >= 0.6 is 43.5 Å². The van der Waals surface area contributed by atoms with Crippen LogP contribution in [0.4, 0.5) is 0 Å². The highest BCUT2D eigenvalue weighted by atomic mass is 79.9. The third kappa shape index (κ3) is 4.48. The second-order valence-electron chi connectivity index (χ2n) is 6.06. The van der Waals surface area contributed by atoms with Crippen LogP contribution < -0.4 is 0 Å². The first-order chi connectivity index (χ1) is 12.5. The number of rotatable bonds is 3. The Hall–Kier alpha value is -1.37. The average molecular weight is 501 g/mol. The summed E-state index contributed by atoms with van der Waals surface area (Å²) in [5, 5.41) is 0.580. The predicted molar refractivity (Wildman–Crippen MR) is 109 cm³/mol. The van der Waals surface area contributed by atoms with Gasteiger partial charge in [-0.15, -0.1) is 0 Å². The third-order valence-electron chi connectivity index (χ3n) is 4.40. The number of carbonyl (C=O) groups is 2. The topological polar surface area (TPSA) is 40.6 Å². The van der Waals surface area contributed by atoms with Crippen molar-refractivity contribution >= 4 is 55.3 Å². The highest BCUT2D eigenvalue weighted by Crippen LogP contribution is 2.25. The number of nitrogens with zero attached hydrogens (tertiary/aromatic N) is 2. The minimum absolute atomic E-state index is 0.00144. The van der Waals surface area contributed by atoms with Gasteiger partial charge < -0.3 is 9.80 Å².